The normalized spacial score (nSPS) is 12.0. The van der Waals surface area contributed by atoms with Gasteiger partial charge in [-0.15, -0.1) is 11.3 Å². The van der Waals surface area contributed by atoms with Crippen molar-refractivity contribution in [3.05, 3.63) is 46.6 Å². The number of rotatable bonds is 2. The summed E-state index contributed by atoms with van der Waals surface area (Å²) in [6, 6.07) is 8.65. The van der Waals surface area contributed by atoms with Crippen LogP contribution in [0.1, 0.15) is 41.7 Å². The number of fused-ring (bicyclic) bond motifs is 1. The Balaban J connectivity index is 2.13. The van der Waals surface area contributed by atoms with Crippen LogP contribution in [0.4, 0.5) is 0 Å². The molecule has 3 rings (SSSR count). The molecule has 2 aromatic heterocycles. The molecule has 4 heteroatoms. The summed E-state index contributed by atoms with van der Waals surface area (Å²) < 4.78 is 2.01. The highest BCUT2D eigenvalue weighted by molar-refractivity contribution is 7.17. The van der Waals surface area contributed by atoms with Crippen LogP contribution in [-0.4, -0.2) is 15.7 Å². The van der Waals surface area contributed by atoms with E-state index in [0.29, 0.717) is 5.69 Å². The van der Waals surface area contributed by atoms with E-state index in [0.717, 1.165) is 22.5 Å². The Hall–Kier alpha value is -1.94. The molecule has 0 fully saturated rings. The highest BCUT2D eigenvalue weighted by atomic mass is 32.1. The van der Waals surface area contributed by atoms with Crippen molar-refractivity contribution in [3.8, 4) is 11.3 Å². The lowest BCUT2D eigenvalue weighted by molar-refractivity contribution is 0.111. The second kappa shape index (κ2) is 4.81. The van der Waals surface area contributed by atoms with E-state index < -0.39 is 0 Å². The maximum atomic E-state index is 10.9. The lowest BCUT2D eigenvalue weighted by atomic mass is 9.86. The van der Waals surface area contributed by atoms with Crippen LogP contribution in [0.25, 0.3) is 16.2 Å². The lowest BCUT2D eigenvalue weighted by Crippen LogP contribution is -2.10. The van der Waals surface area contributed by atoms with E-state index in [9.17, 15) is 4.79 Å². The minimum Gasteiger partial charge on any atom is -0.296 e. The summed E-state index contributed by atoms with van der Waals surface area (Å²) >= 11 is 1.61. The molecule has 108 valence electrons. The van der Waals surface area contributed by atoms with Crippen molar-refractivity contribution in [2.24, 2.45) is 0 Å². The monoisotopic (exact) mass is 298 g/mol. The molecule has 0 unspecified atom stereocenters. The molecule has 1 aromatic carbocycles. The van der Waals surface area contributed by atoms with Gasteiger partial charge in [-0.1, -0.05) is 45.0 Å². The van der Waals surface area contributed by atoms with Crippen LogP contribution >= 0.6 is 11.3 Å². The smallest absolute Gasteiger partial charge is 0.195 e. The lowest BCUT2D eigenvalue weighted by Gasteiger charge is -2.19. The van der Waals surface area contributed by atoms with E-state index in [-0.39, 0.29) is 5.41 Å². The summed E-state index contributed by atoms with van der Waals surface area (Å²) in [5.41, 5.74) is 4.22. The summed E-state index contributed by atoms with van der Waals surface area (Å²) in [5.74, 6) is 0. The molecular formula is C17H18N2OS. The Morgan fingerprint density at radius 2 is 1.86 bits per heavy atom. The standard InChI is InChI=1S/C17H18N2OS/c1-11-15(19-9-14(10-20)18-16(19)21-11)12-5-7-13(8-6-12)17(2,3)4/h5-10H,1-4H3. The van der Waals surface area contributed by atoms with Gasteiger partial charge in [0.1, 0.15) is 5.69 Å². The first-order valence-corrected chi connectivity index (χ1v) is 7.76. The van der Waals surface area contributed by atoms with Gasteiger partial charge in [0.15, 0.2) is 11.2 Å². The minimum absolute atomic E-state index is 0.150. The van der Waals surface area contributed by atoms with E-state index in [1.54, 1.807) is 17.5 Å². The van der Waals surface area contributed by atoms with Crippen molar-refractivity contribution in [2.75, 3.05) is 0 Å². The zero-order valence-corrected chi connectivity index (χ0v) is 13.5. The summed E-state index contributed by atoms with van der Waals surface area (Å²) in [6.45, 7) is 8.72. The Morgan fingerprint density at radius 1 is 1.19 bits per heavy atom. The van der Waals surface area contributed by atoms with Gasteiger partial charge in [0.05, 0.1) is 5.69 Å². The molecule has 0 saturated carbocycles. The highest BCUT2D eigenvalue weighted by Gasteiger charge is 2.16. The van der Waals surface area contributed by atoms with Crippen molar-refractivity contribution >= 4 is 22.6 Å². The van der Waals surface area contributed by atoms with Crippen LogP contribution < -0.4 is 0 Å². The first kappa shape index (κ1) is 14.0. The van der Waals surface area contributed by atoms with Crippen molar-refractivity contribution in [1.82, 2.24) is 9.38 Å². The van der Waals surface area contributed by atoms with Crippen LogP contribution in [0.15, 0.2) is 30.5 Å². The summed E-state index contributed by atoms with van der Waals surface area (Å²) in [6.07, 6.45) is 2.60. The predicted molar refractivity (Wildman–Crippen MR) is 87.3 cm³/mol. The molecule has 0 radical (unpaired) electrons. The molecule has 0 aliphatic heterocycles. The second-order valence-corrected chi connectivity index (χ2v) is 7.45. The fourth-order valence-electron chi connectivity index (χ4n) is 2.49. The topological polar surface area (TPSA) is 34.4 Å². The fraction of sp³-hybridized carbons (Fsp3) is 0.294. The summed E-state index contributed by atoms with van der Waals surface area (Å²) in [5, 5.41) is 0. The molecule has 3 aromatic rings. The Bertz CT molecular complexity index is 804. The number of imidazole rings is 1. The van der Waals surface area contributed by atoms with Gasteiger partial charge in [-0.2, -0.15) is 0 Å². The number of aromatic nitrogens is 2. The van der Waals surface area contributed by atoms with Crippen LogP contribution in [0, 0.1) is 6.92 Å². The van der Waals surface area contributed by atoms with Crippen molar-refractivity contribution in [1.29, 1.82) is 0 Å². The average molecular weight is 298 g/mol. The molecule has 21 heavy (non-hydrogen) atoms. The number of nitrogens with zero attached hydrogens (tertiary/aromatic N) is 2. The number of carbonyl (C=O) groups is 1. The number of aldehydes is 1. The van der Waals surface area contributed by atoms with Gasteiger partial charge < -0.3 is 0 Å². The molecule has 0 aliphatic carbocycles. The molecule has 3 nitrogen and oxygen atoms in total. The maximum Gasteiger partial charge on any atom is 0.195 e. The van der Waals surface area contributed by atoms with Gasteiger partial charge in [0.2, 0.25) is 0 Å². The number of thiazole rings is 1. The Morgan fingerprint density at radius 3 is 2.43 bits per heavy atom. The molecule has 2 heterocycles. The van der Waals surface area contributed by atoms with Gasteiger partial charge in [-0.25, -0.2) is 4.98 Å². The quantitative estimate of drug-likeness (QED) is 0.654. The summed E-state index contributed by atoms with van der Waals surface area (Å²) in [7, 11) is 0. The first-order valence-electron chi connectivity index (χ1n) is 6.95. The number of aryl methyl sites for hydroxylation is 1. The molecule has 0 bridgehead atoms. The zero-order valence-electron chi connectivity index (χ0n) is 12.7. The van der Waals surface area contributed by atoms with Crippen molar-refractivity contribution < 1.29 is 4.79 Å². The minimum atomic E-state index is 0.150. The zero-order chi connectivity index (χ0) is 15.2. The van der Waals surface area contributed by atoms with Crippen LogP contribution in [-0.2, 0) is 5.41 Å². The van der Waals surface area contributed by atoms with Gasteiger partial charge in [0, 0.05) is 11.1 Å². The fourth-order valence-corrected chi connectivity index (χ4v) is 3.48. The third kappa shape index (κ3) is 2.40. The van der Waals surface area contributed by atoms with Crippen molar-refractivity contribution in [2.45, 2.75) is 33.1 Å². The average Bonchev–Trinajstić information content (AvgIpc) is 2.93. The summed E-state index contributed by atoms with van der Waals surface area (Å²) in [4.78, 5) is 17.3. The SMILES string of the molecule is Cc1sc2nc(C=O)cn2c1-c1ccc(C(C)(C)C)cc1. The highest BCUT2D eigenvalue weighted by Crippen LogP contribution is 2.32. The molecule has 0 saturated heterocycles. The van der Waals surface area contributed by atoms with Crippen LogP contribution in [0.5, 0.6) is 0 Å². The number of hydrogen-bond acceptors (Lipinski definition) is 3. The van der Waals surface area contributed by atoms with Gasteiger partial charge >= 0.3 is 0 Å². The second-order valence-electron chi connectivity index (χ2n) is 6.27. The molecule has 0 amide bonds. The number of benzene rings is 1. The molecule has 0 spiro atoms. The van der Waals surface area contributed by atoms with Gasteiger partial charge in [-0.3, -0.25) is 9.20 Å². The van der Waals surface area contributed by atoms with Crippen molar-refractivity contribution in [3.63, 3.8) is 0 Å². The molecule has 0 N–H and O–H groups in total. The molecule has 0 atom stereocenters. The Labute approximate surface area is 128 Å². The van der Waals surface area contributed by atoms with E-state index in [1.165, 1.54) is 10.4 Å². The maximum absolute atomic E-state index is 10.9. The van der Waals surface area contributed by atoms with E-state index in [1.807, 2.05) is 4.40 Å². The van der Waals surface area contributed by atoms with Crippen LogP contribution in [0.3, 0.4) is 0 Å². The van der Waals surface area contributed by atoms with E-state index in [4.69, 9.17) is 0 Å². The first-order chi connectivity index (χ1) is 9.90. The van der Waals surface area contributed by atoms with Gasteiger partial charge in [0.25, 0.3) is 0 Å². The third-order valence-electron chi connectivity index (χ3n) is 3.66. The Kier molecular flexibility index (Phi) is 3.21. The largest absolute Gasteiger partial charge is 0.296 e. The van der Waals surface area contributed by atoms with Crippen LogP contribution in [0.2, 0.25) is 0 Å². The third-order valence-corrected chi connectivity index (χ3v) is 4.63. The number of carbonyl (C=O) groups excluding carboxylic acids is 1. The van der Waals surface area contributed by atoms with E-state index in [2.05, 4.69) is 56.9 Å². The number of hydrogen-bond donors (Lipinski definition) is 0. The van der Waals surface area contributed by atoms with Gasteiger partial charge in [-0.05, 0) is 23.5 Å². The van der Waals surface area contributed by atoms with E-state index >= 15 is 0 Å². The molecule has 0 aliphatic rings. The molecular weight excluding hydrogens is 280 g/mol. The predicted octanol–water partition coefficient (Wildman–Crippen LogP) is 4.48.